The van der Waals surface area contributed by atoms with Crippen LogP contribution in [0.2, 0.25) is 0 Å². The maximum atomic E-state index is 8.58. The van der Waals surface area contributed by atoms with Gasteiger partial charge in [0.15, 0.2) is 5.84 Å². The number of nitrogens with one attached hydrogen (secondary N) is 1. The van der Waals surface area contributed by atoms with Crippen LogP contribution in [-0.2, 0) is 19.5 Å². The van der Waals surface area contributed by atoms with E-state index in [1.54, 1.807) is 6.20 Å². The highest BCUT2D eigenvalue weighted by molar-refractivity contribution is 5.96. The van der Waals surface area contributed by atoms with Gasteiger partial charge < -0.3 is 20.7 Å². The minimum absolute atomic E-state index is 0.108. The number of hydrogen-bond acceptors (Lipinski definition) is 5. The van der Waals surface area contributed by atoms with Gasteiger partial charge in [0, 0.05) is 18.5 Å². The highest BCUT2D eigenvalue weighted by Gasteiger charge is 2.02. The first-order chi connectivity index (χ1) is 9.72. The summed E-state index contributed by atoms with van der Waals surface area (Å²) in [7, 11) is 0. The number of rotatable bonds is 6. The third-order valence-electron chi connectivity index (χ3n) is 2.91. The molecule has 0 fully saturated rings. The van der Waals surface area contributed by atoms with Crippen LogP contribution in [0.4, 0.5) is 0 Å². The molecule has 106 valence electrons. The van der Waals surface area contributed by atoms with Crippen molar-refractivity contribution in [1.29, 1.82) is 0 Å². The summed E-state index contributed by atoms with van der Waals surface area (Å²) in [6.07, 6.45) is 2.60. The largest absolute Gasteiger partial charge is 0.444 e. The fourth-order valence-corrected chi connectivity index (χ4v) is 1.76. The third kappa shape index (κ3) is 3.58. The van der Waals surface area contributed by atoms with Gasteiger partial charge in [-0.2, -0.15) is 0 Å². The number of aryl methyl sites for hydroxylation is 1. The van der Waals surface area contributed by atoms with Gasteiger partial charge in [0.25, 0.3) is 0 Å². The number of benzene rings is 1. The molecule has 0 bridgehead atoms. The van der Waals surface area contributed by atoms with Gasteiger partial charge in [0.05, 0.1) is 12.7 Å². The molecule has 0 spiro atoms. The van der Waals surface area contributed by atoms with Crippen molar-refractivity contribution in [3.05, 3.63) is 53.2 Å². The van der Waals surface area contributed by atoms with Crippen molar-refractivity contribution in [2.75, 3.05) is 0 Å². The van der Waals surface area contributed by atoms with E-state index in [1.807, 2.05) is 31.2 Å². The number of nitrogens with two attached hydrogens (primary N) is 1. The van der Waals surface area contributed by atoms with Crippen LogP contribution in [-0.4, -0.2) is 16.0 Å². The SMILES string of the molecule is CCc1cnc(CNCc2ccc(/C(N)=N/O)cc2)o1. The second-order valence-corrected chi connectivity index (χ2v) is 4.36. The molecule has 1 heterocycles. The fourth-order valence-electron chi connectivity index (χ4n) is 1.76. The number of oxime groups is 1. The highest BCUT2D eigenvalue weighted by Crippen LogP contribution is 2.06. The summed E-state index contributed by atoms with van der Waals surface area (Å²) in [5.74, 6) is 1.69. The summed E-state index contributed by atoms with van der Waals surface area (Å²) in [6.45, 7) is 3.31. The smallest absolute Gasteiger partial charge is 0.208 e. The number of aromatic nitrogens is 1. The average Bonchev–Trinajstić information content (AvgIpc) is 2.95. The Morgan fingerprint density at radius 1 is 1.35 bits per heavy atom. The molecule has 1 aromatic heterocycles. The van der Waals surface area contributed by atoms with Gasteiger partial charge in [-0.05, 0) is 5.56 Å². The van der Waals surface area contributed by atoms with Crippen molar-refractivity contribution in [3.8, 4) is 0 Å². The number of oxazole rings is 1. The molecule has 6 heteroatoms. The molecule has 1 aromatic carbocycles. The van der Waals surface area contributed by atoms with Crippen LogP contribution in [0, 0.1) is 0 Å². The Balaban J connectivity index is 1.85. The molecule has 6 nitrogen and oxygen atoms in total. The lowest BCUT2D eigenvalue weighted by Crippen LogP contribution is -2.14. The zero-order valence-corrected chi connectivity index (χ0v) is 11.3. The van der Waals surface area contributed by atoms with Gasteiger partial charge in [0.1, 0.15) is 5.76 Å². The zero-order valence-electron chi connectivity index (χ0n) is 11.3. The Kier molecular flexibility index (Phi) is 4.73. The van der Waals surface area contributed by atoms with Crippen molar-refractivity contribution < 1.29 is 9.62 Å². The van der Waals surface area contributed by atoms with Gasteiger partial charge in [-0.25, -0.2) is 4.98 Å². The molecule has 0 atom stereocenters. The Morgan fingerprint density at radius 3 is 2.70 bits per heavy atom. The van der Waals surface area contributed by atoms with Crippen molar-refractivity contribution >= 4 is 5.84 Å². The van der Waals surface area contributed by atoms with Gasteiger partial charge >= 0.3 is 0 Å². The summed E-state index contributed by atoms with van der Waals surface area (Å²) < 4.78 is 5.50. The minimum atomic E-state index is 0.108. The van der Waals surface area contributed by atoms with E-state index in [0.29, 0.717) is 24.5 Å². The van der Waals surface area contributed by atoms with Crippen LogP contribution in [0.1, 0.15) is 29.7 Å². The minimum Gasteiger partial charge on any atom is -0.444 e. The van der Waals surface area contributed by atoms with Crippen molar-refractivity contribution in [2.24, 2.45) is 10.9 Å². The molecular formula is C14H18N4O2. The Hall–Kier alpha value is -2.34. The van der Waals surface area contributed by atoms with E-state index in [9.17, 15) is 0 Å². The molecule has 4 N–H and O–H groups in total. The molecule has 0 radical (unpaired) electrons. The third-order valence-corrected chi connectivity index (χ3v) is 2.91. The predicted octanol–water partition coefficient (Wildman–Crippen LogP) is 1.62. The molecule has 0 saturated carbocycles. The first-order valence-corrected chi connectivity index (χ1v) is 6.44. The van der Waals surface area contributed by atoms with Crippen LogP contribution in [0.3, 0.4) is 0 Å². The maximum Gasteiger partial charge on any atom is 0.208 e. The average molecular weight is 274 g/mol. The van der Waals surface area contributed by atoms with Crippen LogP contribution >= 0.6 is 0 Å². The molecule has 0 unspecified atom stereocenters. The number of hydrogen-bond donors (Lipinski definition) is 3. The molecular weight excluding hydrogens is 256 g/mol. The van der Waals surface area contributed by atoms with Crippen molar-refractivity contribution in [3.63, 3.8) is 0 Å². The van der Waals surface area contributed by atoms with Crippen molar-refractivity contribution in [2.45, 2.75) is 26.4 Å². The second kappa shape index (κ2) is 6.72. The van der Waals surface area contributed by atoms with Crippen LogP contribution in [0.25, 0.3) is 0 Å². The normalized spacial score (nSPS) is 11.8. The Labute approximate surface area is 117 Å². The lowest BCUT2D eigenvalue weighted by atomic mass is 10.1. The van der Waals surface area contributed by atoms with E-state index in [-0.39, 0.29) is 5.84 Å². The fraction of sp³-hybridized carbons (Fsp3) is 0.286. The van der Waals surface area contributed by atoms with E-state index in [4.69, 9.17) is 15.4 Å². The van der Waals surface area contributed by atoms with E-state index in [1.165, 1.54) is 0 Å². The second-order valence-electron chi connectivity index (χ2n) is 4.36. The molecule has 0 amide bonds. The summed E-state index contributed by atoms with van der Waals surface area (Å²) in [6, 6.07) is 7.47. The molecule has 20 heavy (non-hydrogen) atoms. The highest BCUT2D eigenvalue weighted by atomic mass is 16.4. The van der Waals surface area contributed by atoms with Gasteiger partial charge in [-0.15, -0.1) is 0 Å². The molecule has 0 saturated heterocycles. The van der Waals surface area contributed by atoms with Gasteiger partial charge in [-0.3, -0.25) is 0 Å². The molecule has 0 aliphatic rings. The van der Waals surface area contributed by atoms with Gasteiger partial charge in [-0.1, -0.05) is 36.3 Å². The monoisotopic (exact) mass is 274 g/mol. The van der Waals surface area contributed by atoms with Crippen LogP contribution < -0.4 is 11.1 Å². The van der Waals surface area contributed by atoms with E-state index in [2.05, 4.69) is 15.5 Å². The first-order valence-electron chi connectivity index (χ1n) is 6.44. The summed E-state index contributed by atoms with van der Waals surface area (Å²) in [5.41, 5.74) is 7.29. The first kappa shape index (κ1) is 14.1. The molecule has 2 aromatic rings. The van der Waals surface area contributed by atoms with Gasteiger partial charge in [0.2, 0.25) is 5.89 Å². The lowest BCUT2D eigenvalue weighted by Gasteiger charge is -2.04. The molecule has 0 aliphatic carbocycles. The standard InChI is InChI=1S/C14H18N4O2/c1-2-12-8-17-13(20-12)9-16-7-10-3-5-11(6-4-10)14(15)18-19/h3-6,8,16,19H,2,7,9H2,1H3,(H2,15,18). The Bertz CT molecular complexity index is 575. The quantitative estimate of drug-likeness (QED) is 0.322. The number of amidine groups is 1. The molecule has 2 rings (SSSR count). The van der Waals surface area contributed by atoms with E-state index < -0.39 is 0 Å². The Morgan fingerprint density at radius 2 is 2.10 bits per heavy atom. The van der Waals surface area contributed by atoms with Crippen LogP contribution in [0.15, 0.2) is 40.0 Å². The summed E-state index contributed by atoms with van der Waals surface area (Å²) in [5, 5.41) is 14.8. The van der Waals surface area contributed by atoms with Crippen molar-refractivity contribution in [1.82, 2.24) is 10.3 Å². The zero-order chi connectivity index (χ0) is 14.4. The maximum absolute atomic E-state index is 8.58. The summed E-state index contributed by atoms with van der Waals surface area (Å²) >= 11 is 0. The van der Waals surface area contributed by atoms with Crippen LogP contribution in [0.5, 0.6) is 0 Å². The van der Waals surface area contributed by atoms with E-state index >= 15 is 0 Å². The topological polar surface area (TPSA) is 96.7 Å². The van der Waals surface area contributed by atoms with E-state index in [0.717, 1.165) is 17.7 Å². The summed E-state index contributed by atoms with van der Waals surface area (Å²) in [4.78, 5) is 4.18. The number of nitrogens with zero attached hydrogens (tertiary/aromatic N) is 2. The lowest BCUT2D eigenvalue weighted by molar-refractivity contribution is 0.318. The predicted molar refractivity (Wildman–Crippen MR) is 75.4 cm³/mol. The molecule has 0 aliphatic heterocycles.